The number of halogens is 1. The number of nitrogens with zero attached hydrogens (tertiary/aromatic N) is 1. The lowest BCUT2D eigenvalue weighted by molar-refractivity contribution is -0.119. The van der Waals surface area contributed by atoms with Crippen LogP contribution in [0.3, 0.4) is 0 Å². The summed E-state index contributed by atoms with van der Waals surface area (Å²) in [5.41, 5.74) is 1.84. The van der Waals surface area contributed by atoms with E-state index in [4.69, 9.17) is 0 Å². The Labute approximate surface area is 156 Å². The number of amides is 2. The van der Waals surface area contributed by atoms with Crippen LogP contribution in [0.5, 0.6) is 0 Å². The van der Waals surface area contributed by atoms with Crippen LogP contribution in [0.4, 0.5) is 10.3 Å². The minimum absolute atomic E-state index is 0.0984. The van der Waals surface area contributed by atoms with Crippen LogP contribution in [0.15, 0.2) is 48.5 Å². The van der Waals surface area contributed by atoms with Crippen molar-refractivity contribution in [1.82, 2.24) is 15.3 Å². The molecule has 6 nitrogen and oxygen atoms in total. The van der Waals surface area contributed by atoms with E-state index in [0.717, 1.165) is 11.0 Å². The van der Waals surface area contributed by atoms with E-state index in [9.17, 15) is 14.0 Å². The van der Waals surface area contributed by atoms with Gasteiger partial charge in [0.15, 0.2) is 0 Å². The Balaban J connectivity index is 1.75. The van der Waals surface area contributed by atoms with Gasteiger partial charge in [-0.3, -0.25) is 14.9 Å². The van der Waals surface area contributed by atoms with Crippen LogP contribution in [-0.2, 0) is 4.79 Å². The number of nitrogens with one attached hydrogen (secondary N) is 3. The van der Waals surface area contributed by atoms with Crippen LogP contribution in [0.1, 0.15) is 30.6 Å². The van der Waals surface area contributed by atoms with Crippen molar-refractivity contribution in [3.8, 4) is 0 Å². The maximum Gasteiger partial charge on any atom is 0.251 e. The predicted molar refractivity (Wildman–Crippen MR) is 102 cm³/mol. The van der Waals surface area contributed by atoms with Crippen LogP contribution >= 0.6 is 0 Å². The predicted octanol–water partition coefficient (Wildman–Crippen LogP) is 3.49. The number of imidazole rings is 1. The maximum absolute atomic E-state index is 13.0. The minimum atomic E-state index is -0.749. The third kappa shape index (κ3) is 4.31. The number of carbonyl (C=O) groups is 2. The first-order valence-corrected chi connectivity index (χ1v) is 8.80. The fraction of sp³-hybridized carbons (Fsp3) is 0.250. The first-order valence-electron chi connectivity index (χ1n) is 8.80. The molecule has 3 aromatic rings. The molecule has 0 aliphatic carbocycles. The summed E-state index contributed by atoms with van der Waals surface area (Å²) in [6.45, 7) is 3.82. The van der Waals surface area contributed by atoms with Crippen molar-refractivity contribution >= 4 is 28.8 Å². The van der Waals surface area contributed by atoms with Crippen molar-refractivity contribution in [2.24, 2.45) is 5.92 Å². The highest BCUT2D eigenvalue weighted by Gasteiger charge is 2.27. The molecule has 0 bridgehead atoms. The first-order chi connectivity index (χ1) is 13.0. The standard InChI is InChI=1S/C20H21FN4O2/c1-3-12(2)17(24-18(26)13-8-10-14(21)11-9-13)19(27)25-20-22-15-6-4-5-7-16(15)23-20/h4-12,17H,3H2,1-2H3,(H,24,26)(H2,22,23,25,27)/t12-,17+/m1/s1. The van der Waals surface area contributed by atoms with Crippen molar-refractivity contribution in [1.29, 1.82) is 0 Å². The third-order valence-electron chi connectivity index (χ3n) is 4.52. The molecule has 2 aromatic carbocycles. The number of rotatable bonds is 6. The summed E-state index contributed by atoms with van der Waals surface area (Å²) in [4.78, 5) is 32.6. The van der Waals surface area contributed by atoms with E-state index < -0.39 is 17.8 Å². The number of hydrogen-bond acceptors (Lipinski definition) is 3. The Hall–Kier alpha value is -3.22. The van der Waals surface area contributed by atoms with Crippen molar-refractivity contribution in [3.05, 3.63) is 59.9 Å². The molecule has 0 aliphatic rings. The molecule has 27 heavy (non-hydrogen) atoms. The molecule has 3 N–H and O–H groups in total. The Bertz CT molecular complexity index is 919. The quantitative estimate of drug-likeness (QED) is 0.622. The molecule has 7 heteroatoms. The summed E-state index contributed by atoms with van der Waals surface area (Å²) < 4.78 is 13.0. The number of hydrogen-bond donors (Lipinski definition) is 3. The number of benzene rings is 2. The molecule has 3 rings (SSSR count). The lowest BCUT2D eigenvalue weighted by atomic mass is 9.98. The number of fused-ring (bicyclic) bond motifs is 1. The van der Waals surface area contributed by atoms with E-state index in [0.29, 0.717) is 17.9 Å². The normalized spacial score (nSPS) is 13.1. The van der Waals surface area contributed by atoms with Crippen molar-refractivity contribution < 1.29 is 14.0 Å². The summed E-state index contributed by atoms with van der Waals surface area (Å²) in [5, 5.41) is 5.47. The molecule has 1 aromatic heterocycles. The van der Waals surface area contributed by atoms with E-state index in [1.165, 1.54) is 24.3 Å². The Morgan fingerprint density at radius 2 is 1.85 bits per heavy atom. The fourth-order valence-corrected chi connectivity index (χ4v) is 2.73. The molecule has 0 fully saturated rings. The lowest BCUT2D eigenvalue weighted by Crippen LogP contribution is -2.47. The van der Waals surface area contributed by atoms with Crippen LogP contribution in [0, 0.1) is 11.7 Å². The molecular formula is C20H21FN4O2. The number of H-pyrrole nitrogens is 1. The van der Waals surface area contributed by atoms with Gasteiger partial charge in [0, 0.05) is 5.56 Å². The summed E-state index contributed by atoms with van der Waals surface area (Å²) in [5.74, 6) is -0.990. The van der Waals surface area contributed by atoms with Gasteiger partial charge in [0.25, 0.3) is 5.91 Å². The van der Waals surface area contributed by atoms with E-state index in [1.807, 2.05) is 38.1 Å². The Kier molecular flexibility index (Phi) is 5.49. The number of para-hydroxylation sites is 2. The third-order valence-corrected chi connectivity index (χ3v) is 4.52. The van der Waals surface area contributed by atoms with Gasteiger partial charge in [0.1, 0.15) is 11.9 Å². The molecule has 0 unspecified atom stereocenters. The average Bonchev–Trinajstić information content (AvgIpc) is 3.07. The molecule has 0 saturated heterocycles. The van der Waals surface area contributed by atoms with Crippen molar-refractivity contribution in [2.75, 3.05) is 5.32 Å². The highest BCUT2D eigenvalue weighted by atomic mass is 19.1. The summed E-state index contributed by atoms with van der Waals surface area (Å²) in [6, 6.07) is 11.9. The summed E-state index contributed by atoms with van der Waals surface area (Å²) in [7, 11) is 0. The minimum Gasteiger partial charge on any atom is -0.340 e. The highest BCUT2D eigenvalue weighted by molar-refractivity contribution is 6.01. The fourth-order valence-electron chi connectivity index (χ4n) is 2.73. The monoisotopic (exact) mass is 368 g/mol. The lowest BCUT2D eigenvalue weighted by Gasteiger charge is -2.23. The van der Waals surface area contributed by atoms with Gasteiger partial charge < -0.3 is 10.3 Å². The van der Waals surface area contributed by atoms with Crippen LogP contribution in [-0.4, -0.2) is 27.8 Å². The largest absolute Gasteiger partial charge is 0.340 e. The molecular weight excluding hydrogens is 347 g/mol. The number of anilines is 1. The summed E-state index contributed by atoms with van der Waals surface area (Å²) in [6.07, 6.45) is 0.696. The van der Waals surface area contributed by atoms with Gasteiger partial charge in [-0.2, -0.15) is 0 Å². The van der Waals surface area contributed by atoms with Gasteiger partial charge in [-0.1, -0.05) is 32.4 Å². The van der Waals surface area contributed by atoms with Gasteiger partial charge in [0.2, 0.25) is 11.9 Å². The molecule has 0 aliphatic heterocycles. The summed E-state index contributed by atoms with van der Waals surface area (Å²) >= 11 is 0. The Morgan fingerprint density at radius 1 is 1.15 bits per heavy atom. The highest BCUT2D eigenvalue weighted by Crippen LogP contribution is 2.16. The molecule has 0 radical (unpaired) electrons. The van der Waals surface area contributed by atoms with Gasteiger partial charge in [0.05, 0.1) is 11.0 Å². The van der Waals surface area contributed by atoms with Crippen molar-refractivity contribution in [2.45, 2.75) is 26.3 Å². The molecule has 2 amide bonds. The van der Waals surface area contributed by atoms with Crippen LogP contribution in [0.2, 0.25) is 0 Å². The van der Waals surface area contributed by atoms with Gasteiger partial charge in [-0.25, -0.2) is 9.37 Å². The first kappa shape index (κ1) is 18.6. The van der Waals surface area contributed by atoms with Crippen LogP contribution in [0.25, 0.3) is 11.0 Å². The number of carbonyl (C=O) groups excluding carboxylic acids is 2. The zero-order chi connectivity index (χ0) is 19.4. The average molecular weight is 368 g/mol. The maximum atomic E-state index is 13.0. The second-order valence-corrected chi connectivity index (χ2v) is 6.44. The smallest absolute Gasteiger partial charge is 0.251 e. The van der Waals surface area contributed by atoms with Crippen LogP contribution < -0.4 is 10.6 Å². The second kappa shape index (κ2) is 7.99. The van der Waals surface area contributed by atoms with Gasteiger partial charge >= 0.3 is 0 Å². The number of aromatic nitrogens is 2. The van der Waals surface area contributed by atoms with E-state index in [1.54, 1.807) is 0 Å². The van der Waals surface area contributed by atoms with E-state index >= 15 is 0 Å². The Morgan fingerprint density at radius 3 is 2.52 bits per heavy atom. The van der Waals surface area contributed by atoms with Gasteiger partial charge in [-0.15, -0.1) is 0 Å². The van der Waals surface area contributed by atoms with Gasteiger partial charge in [-0.05, 0) is 42.3 Å². The molecule has 140 valence electrons. The van der Waals surface area contributed by atoms with E-state index in [2.05, 4.69) is 20.6 Å². The molecule has 2 atom stereocenters. The van der Waals surface area contributed by atoms with E-state index in [-0.39, 0.29) is 11.8 Å². The zero-order valence-corrected chi connectivity index (χ0v) is 15.1. The molecule has 0 saturated carbocycles. The second-order valence-electron chi connectivity index (χ2n) is 6.44. The molecule has 1 heterocycles. The number of aromatic amines is 1. The SMILES string of the molecule is CC[C@@H](C)[C@H](NC(=O)c1ccc(F)cc1)C(=O)Nc1nc2ccccc2[nH]1. The zero-order valence-electron chi connectivity index (χ0n) is 15.1. The van der Waals surface area contributed by atoms with Crippen molar-refractivity contribution in [3.63, 3.8) is 0 Å². The topological polar surface area (TPSA) is 86.9 Å². The molecule has 0 spiro atoms.